The molecule has 85 heavy (non-hydrogen) atoms. The van der Waals surface area contributed by atoms with Crippen molar-refractivity contribution >= 4 is 72.0 Å². The molecule has 0 saturated heterocycles. The van der Waals surface area contributed by atoms with Crippen molar-refractivity contribution in [2.24, 2.45) is 0 Å². The van der Waals surface area contributed by atoms with Crippen molar-refractivity contribution in [3.63, 3.8) is 0 Å². The van der Waals surface area contributed by atoms with Crippen LogP contribution in [0.3, 0.4) is 0 Å². The van der Waals surface area contributed by atoms with Gasteiger partial charge in [0, 0.05) is 43.8 Å². The summed E-state index contributed by atoms with van der Waals surface area (Å²) in [5.74, 6) is 0. The van der Waals surface area contributed by atoms with Gasteiger partial charge in [-0.2, -0.15) is 34.2 Å². The monoisotopic (exact) mass is 1100 g/mol. The van der Waals surface area contributed by atoms with E-state index in [1.165, 1.54) is 24.3 Å². The number of benzene rings is 10. The van der Waals surface area contributed by atoms with Crippen molar-refractivity contribution < 1.29 is 13.2 Å². The predicted octanol–water partition coefficient (Wildman–Crippen LogP) is 19.8. The van der Waals surface area contributed by atoms with Crippen LogP contribution in [-0.2, 0) is 6.18 Å². The lowest BCUT2D eigenvalue weighted by Gasteiger charge is -2.22. The minimum Gasteiger partial charge on any atom is -0.308 e. The molecule has 0 saturated carbocycles. The second-order valence-electron chi connectivity index (χ2n) is 20.0. The Balaban J connectivity index is 1.23. The zero-order valence-electron chi connectivity index (χ0n) is 44.3. The van der Waals surface area contributed by atoms with Crippen molar-refractivity contribution in [3.8, 4) is 91.3 Å². The quantitative estimate of drug-likeness (QED) is 0.147. The molecule has 14 heteroatoms. The third-order valence-electron chi connectivity index (χ3n) is 15.2. The fraction of sp³-hybridized carbons (Fsp3) is 0.0282. The zero-order chi connectivity index (χ0) is 59.4. The van der Waals surface area contributed by atoms with Gasteiger partial charge in [-0.25, -0.2) is 24.2 Å². The largest absolute Gasteiger partial charge is 0.416 e. The van der Waals surface area contributed by atoms with Crippen LogP contribution < -0.4 is 0 Å². The zero-order valence-corrected chi connectivity index (χ0v) is 44.3. The first-order valence-electron chi connectivity index (χ1n) is 25.8. The maximum Gasteiger partial charge on any atom is 0.416 e. The van der Waals surface area contributed by atoms with Crippen LogP contribution in [0, 0.1) is 85.1 Å². The van der Waals surface area contributed by atoms with Gasteiger partial charge in [-0.1, -0.05) is 72.8 Å². The summed E-state index contributed by atoms with van der Waals surface area (Å²) >= 11 is 0. The van der Waals surface area contributed by atoms with E-state index in [1.54, 1.807) is 73.7 Å². The van der Waals surface area contributed by atoms with Gasteiger partial charge in [0.15, 0.2) is 28.4 Å². The molecule has 11 nitrogen and oxygen atoms in total. The molecular formula is C71H32F3N11. The van der Waals surface area contributed by atoms with Crippen LogP contribution in [0.15, 0.2) is 176 Å². The van der Waals surface area contributed by atoms with E-state index in [4.69, 9.17) is 32.9 Å². The van der Waals surface area contributed by atoms with E-state index in [0.29, 0.717) is 122 Å². The van der Waals surface area contributed by atoms with Gasteiger partial charge in [0.2, 0.25) is 0 Å². The van der Waals surface area contributed by atoms with Crippen molar-refractivity contribution in [2.75, 3.05) is 0 Å². The van der Waals surface area contributed by atoms with Gasteiger partial charge in [-0.3, -0.25) is 0 Å². The Morgan fingerprint density at radius 3 is 1.18 bits per heavy atom. The molecule has 2 heterocycles. The molecule has 0 atom stereocenters. The lowest BCUT2D eigenvalue weighted by atomic mass is 9.94. The third kappa shape index (κ3) is 8.89. The molecule has 10 aromatic carbocycles. The molecule has 0 bridgehead atoms. The summed E-state index contributed by atoms with van der Waals surface area (Å²) in [5, 5.41) is 43.6. The first kappa shape index (κ1) is 52.7. The highest BCUT2D eigenvalue weighted by Gasteiger charge is 2.33. The molecule has 0 fully saturated rings. The minimum atomic E-state index is -4.79. The van der Waals surface area contributed by atoms with Crippen molar-refractivity contribution in [1.82, 2.24) is 9.13 Å². The highest BCUT2D eigenvalue weighted by atomic mass is 19.4. The predicted molar refractivity (Wildman–Crippen MR) is 322 cm³/mol. The first-order valence-corrected chi connectivity index (χ1v) is 25.8. The fourth-order valence-corrected chi connectivity index (χ4v) is 11.4. The number of rotatable bonds is 7. The van der Waals surface area contributed by atoms with Gasteiger partial charge in [-0.15, -0.1) is 0 Å². The Hall–Kier alpha value is -13.0. The SMILES string of the molecule is [C-]#[N+]c1ccc(-c2ccc3c(c2)c2cc(-c4ccc([N+]#[C-])cc4[N+]#[C-])ccc2n3-c2cc(C#N)cc(-n3c4ccc(-c5ccc(C#N)cc5[N+]#[C-])cc4c4cc(-c5ccc(C#N)cc5[N+]#[C-])ccc43)c2-c2cc(C)cc(C(F)(F)F)c2)c(C#N)c1. The number of hydrogen-bond donors (Lipinski definition) is 0. The summed E-state index contributed by atoms with van der Waals surface area (Å²) in [6.45, 7) is 41.1. The summed E-state index contributed by atoms with van der Waals surface area (Å²) in [6, 6.07) is 57.5. The number of aryl methyl sites for hydroxylation is 1. The second kappa shape index (κ2) is 20.6. The molecule has 2 aromatic heterocycles. The molecule has 0 aliphatic heterocycles. The average Bonchev–Trinajstić information content (AvgIpc) is 1.89. The van der Waals surface area contributed by atoms with E-state index in [2.05, 4.69) is 48.5 Å². The molecular weight excluding hydrogens is 1060 g/mol. The van der Waals surface area contributed by atoms with Gasteiger partial charge in [0.25, 0.3) is 0 Å². The molecule has 392 valence electrons. The topological polar surface area (TPSA) is 127 Å². The smallest absolute Gasteiger partial charge is 0.308 e. The molecule has 0 N–H and O–H groups in total. The Bertz CT molecular complexity index is 4820. The lowest BCUT2D eigenvalue weighted by Crippen LogP contribution is -2.08. The van der Waals surface area contributed by atoms with Crippen molar-refractivity contribution in [1.29, 1.82) is 21.0 Å². The summed E-state index contributed by atoms with van der Waals surface area (Å²) < 4.78 is 49.6. The van der Waals surface area contributed by atoms with E-state index in [0.717, 1.165) is 12.1 Å². The summed E-state index contributed by atoms with van der Waals surface area (Å²) in [5.41, 5.74) is 9.58. The molecule has 0 radical (unpaired) electrons. The summed E-state index contributed by atoms with van der Waals surface area (Å²) in [4.78, 5) is 18.4. The van der Waals surface area contributed by atoms with Crippen LogP contribution in [0.5, 0.6) is 0 Å². The van der Waals surface area contributed by atoms with E-state index >= 15 is 13.2 Å². The van der Waals surface area contributed by atoms with Crippen LogP contribution in [0.1, 0.15) is 33.4 Å². The molecule has 0 aliphatic carbocycles. The minimum absolute atomic E-state index is 0.141. The van der Waals surface area contributed by atoms with E-state index in [9.17, 15) is 21.0 Å². The number of halogens is 3. The summed E-state index contributed by atoms with van der Waals surface area (Å²) in [7, 11) is 0. The second-order valence-corrected chi connectivity index (χ2v) is 20.0. The summed E-state index contributed by atoms with van der Waals surface area (Å²) in [6.07, 6.45) is -4.79. The van der Waals surface area contributed by atoms with Crippen LogP contribution in [0.4, 0.5) is 41.6 Å². The van der Waals surface area contributed by atoms with Crippen molar-refractivity contribution in [3.05, 3.63) is 266 Å². The normalized spacial score (nSPS) is 11.0. The first-order chi connectivity index (χ1) is 41.2. The lowest BCUT2D eigenvalue weighted by molar-refractivity contribution is -0.137. The maximum atomic E-state index is 15.3. The molecule has 0 amide bonds. The number of nitrogens with zero attached hydrogens (tertiary/aromatic N) is 11. The number of aromatic nitrogens is 2. The highest BCUT2D eigenvalue weighted by molar-refractivity contribution is 6.15. The number of nitriles is 4. The molecule has 12 rings (SSSR count). The van der Waals surface area contributed by atoms with E-state index < -0.39 is 11.7 Å². The third-order valence-corrected chi connectivity index (χ3v) is 15.2. The Kier molecular flexibility index (Phi) is 12.8. The van der Waals surface area contributed by atoms with Crippen LogP contribution >= 0.6 is 0 Å². The number of alkyl halides is 3. The molecule has 12 aromatic rings. The Morgan fingerprint density at radius 1 is 0.376 bits per heavy atom. The van der Waals surface area contributed by atoms with Gasteiger partial charge in [-0.05, 0) is 166 Å². The molecule has 0 spiro atoms. The highest BCUT2D eigenvalue weighted by Crippen LogP contribution is 2.48. The standard InChI is InChI=1S/C71H32F3N11/c1-40-23-48(29-50(24-40)71(72,73)74)70-68(84-64-19-9-44(53-17-13-51(79-2)30-49(53)39-78)31-57(64)58-34-47(12-22-65(58)84)56-18-14-52(80-3)35-63(56)83-6)27-43(38-77)28-69(70)85-66-20-10-45(54-15-7-41(36-75)25-61(54)81-4)32-59(66)60-33-46(11-21-67(60)85)55-16-8-42(37-76)26-62(55)82-5/h7-35H,1H3. The van der Waals surface area contributed by atoms with Crippen LogP contribution in [0.2, 0.25) is 0 Å². The van der Waals surface area contributed by atoms with Crippen LogP contribution in [-0.4, -0.2) is 9.13 Å². The molecule has 0 aliphatic rings. The van der Waals surface area contributed by atoms with Gasteiger partial charge >= 0.3 is 6.18 Å². The van der Waals surface area contributed by atoms with Crippen LogP contribution in [0.25, 0.3) is 135 Å². The van der Waals surface area contributed by atoms with E-state index in [1.807, 2.05) is 81.9 Å². The van der Waals surface area contributed by atoms with E-state index in [-0.39, 0.29) is 45.1 Å². The van der Waals surface area contributed by atoms with Gasteiger partial charge in [0.05, 0.1) is 102 Å². The van der Waals surface area contributed by atoms with Gasteiger partial charge in [0.1, 0.15) is 0 Å². The Morgan fingerprint density at radius 2 is 0.776 bits per heavy atom. The molecule has 0 unspecified atom stereocenters. The maximum absolute atomic E-state index is 15.3. The van der Waals surface area contributed by atoms with Gasteiger partial charge < -0.3 is 9.13 Å². The van der Waals surface area contributed by atoms with Crippen molar-refractivity contribution in [2.45, 2.75) is 13.1 Å². The number of fused-ring (bicyclic) bond motifs is 6. The Labute approximate surface area is 483 Å². The fourth-order valence-electron chi connectivity index (χ4n) is 11.4. The average molecular weight is 1100 g/mol. The number of hydrogen-bond acceptors (Lipinski definition) is 4.